The number of ether oxygens (including phenoxy) is 1. The first-order chi connectivity index (χ1) is 9.83. The molecule has 0 amide bonds. The van der Waals surface area contributed by atoms with Crippen LogP contribution in [0.5, 0.6) is 5.75 Å². The van der Waals surface area contributed by atoms with Crippen LogP contribution >= 0.6 is 0 Å². The van der Waals surface area contributed by atoms with Crippen LogP contribution in [0.15, 0.2) is 18.2 Å². The highest BCUT2D eigenvalue weighted by Gasteiger charge is 2.51. The van der Waals surface area contributed by atoms with E-state index in [2.05, 4.69) is 13.0 Å². The molecule has 1 aromatic rings. The number of aryl methyl sites for hydroxylation is 1. The Morgan fingerprint density at radius 1 is 1.33 bits per heavy atom. The molecule has 2 aliphatic rings. The van der Waals surface area contributed by atoms with Crippen molar-refractivity contribution >= 4 is 5.97 Å². The number of esters is 1. The molecule has 114 valence electrons. The highest BCUT2D eigenvalue weighted by Crippen LogP contribution is 2.54. The molecule has 1 N–H and O–H groups in total. The summed E-state index contributed by atoms with van der Waals surface area (Å²) in [6.07, 6.45) is 5.03. The minimum atomic E-state index is -0.595. The molecule has 3 rings (SSSR count). The lowest BCUT2D eigenvalue weighted by molar-refractivity contribution is -0.131. The van der Waals surface area contributed by atoms with Gasteiger partial charge in [-0.25, -0.2) is 0 Å². The number of benzene rings is 1. The Kier molecular flexibility index (Phi) is 3.36. The van der Waals surface area contributed by atoms with Gasteiger partial charge in [0.2, 0.25) is 0 Å². The van der Waals surface area contributed by atoms with Crippen LogP contribution in [0.1, 0.15) is 57.6 Å². The average molecular weight is 288 g/mol. The van der Waals surface area contributed by atoms with E-state index in [-0.39, 0.29) is 17.3 Å². The van der Waals surface area contributed by atoms with Gasteiger partial charge in [0, 0.05) is 6.92 Å². The normalized spacial score (nSPS) is 34.8. The van der Waals surface area contributed by atoms with Crippen LogP contribution in [0.2, 0.25) is 0 Å². The Hall–Kier alpha value is -1.35. The summed E-state index contributed by atoms with van der Waals surface area (Å²) in [7, 11) is 0. The number of carbonyl (C=O) groups excluding carboxylic acids is 1. The monoisotopic (exact) mass is 288 g/mol. The molecule has 1 aromatic carbocycles. The SMILES string of the molecule is CC(=O)Oc1ccc2c(c1)[C@@]1(C)CCC[C@](C)(O)C1CC2. The first-order valence-corrected chi connectivity index (χ1v) is 7.87. The first kappa shape index (κ1) is 14.6. The molecule has 1 unspecified atom stereocenters. The molecule has 3 atom stereocenters. The molecule has 3 heteroatoms. The molecule has 1 fully saturated rings. The third kappa shape index (κ3) is 2.38. The number of fused-ring (bicyclic) bond motifs is 3. The van der Waals surface area contributed by atoms with Crippen LogP contribution in [0.3, 0.4) is 0 Å². The molecule has 0 aromatic heterocycles. The second-order valence-electron chi connectivity index (χ2n) is 7.13. The van der Waals surface area contributed by atoms with Crippen LogP contribution in [0.4, 0.5) is 0 Å². The summed E-state index contributed by atoms with van der Waals surface area (Å²) in [6, 6.07) is 5.98. The lowest BCUT2D eigenvalue weighted by atomic mass is 9.53. The van der Waals surface area contributed by atoms with Gasteiger partial charge in [0.15, 0.2) is 0 Å². The van der Waals surface area contributed by atoms with Crippen molar-refractivity contribution in [2.75, 3.05) is 0 Å². The highest BCUT2D eigenvalue weighted by atomic mass is 16.5. The summed E-state index contributed by atoms with van der Waals surface area (Å²) in [5.41, 5.74) is 1.98. The van der Waals surface area contributed by atoms with Gasteiger partial charge in [0.25, 0.3) is 0 Å². The van der Waals surface area contributed by atoms with Crippen LogP contribution < -0.4 is 4.74 Å². The zero-order valence-electron chi connectivity index (χ0n) is 13.1. The maximum absolute atomic E-state index is 11.2. The van der Waals surface area contributed by atoms with Gasteiger partial charge in [-0.05, 0) is 73.6 Å². The summed E-state index contributed by atoms with van der Waals surface area (Å²) in [5.74, 6) is 0.607. The molecular formula is C18H24O3. The first-order valence-electron chi connectivity index (χ1n) is 7.87. The predicted octanol–water partition coefficient (Wildman–Crippen LogP) is 3.37. The van der Waals surface area contributed by atoms with Gasteiger partial charge in [0.1, 0.15) is 5.75 Å². The van der Waals surface area contributed by atoms with E-state index < -0.39 is 5.60 Å². The lowest BCUT2D eigenvalue weighted by Crippen LogP contribution is -2.52. The molecule has 0 aliphatic heterocycles. The minimum absolute atomic E-state index is 0.0223. The van der Waals surface area contributed by atoms with Crippen LogP contribution in [0, 0.1) is 5.92 Å². The van der Waals surface area contributed by atoms with E-state index in [1.807, 2.05) is 19.1 Å². The van der Waals surface area contributed by atoms with Gasteiger partial charge in [-0.2, -0.15) is 0 Å². The van der Waals surface area contributed by atoms with Crippen molar-refractivity contribution in [1.29, 1.82) is 0 Å². The Labute approximate surface area is 126 Å². The van der Waals surface area contributed by atoms with E-state index in [0.717, 1.165) is 32.1 Å². The van der Waals surface area contributed by atoms with Crippen LogP contribution in [0.25, 0.3) is 0 Å². The van der Waals surface area contributed by atoms with Gasteiger partial charge < -0.3 is 9.84 Å². The zero-order valence-corrected chi connectivity index (χ0v) is 13.1. The molecule has 3 nitrogen and oxygen atoms in total. The van der Waals surface area contributed by atoms with Gasteiger partial charge in [-0.1, -0.05) is 13.0 Å². The van der Waals surface area contributed by atoms with Crippen LogP contribution in [-0.4, -0.2) is 16.7 Å². The minimum Gasteiger partial charge on any atom is -0.427 e. The van der Waals surface area contributed by atoms with Crippen molar-refractivity contribution < 1.29 is 14.6 Å². The highest BCUT2D eigenvalue weighted by molar-refractivity contribution is 5.69. The largest absolute Gasteiger partial charge is 0.427 e. The summed E-state index contributed by atoms with van der Waals surface area (Å²) in [5, 5.41) is 10.8. The van der Waals surface area contributed by atoms with E-state index in [4.69, 9.17) is 4.74 Å². The second kappa shape index (κ2) is 4.84. The van der Waals surface area contributed by atoms with E-state index >= 15 is 0 Å². The maximum Gasteiger partial charge on any atom is 0.308 e. The molecule has 0 spiro atoms. The average Bonchev–Trinajstić information content (AvgIpc) is 2.37. The van der Waals surface area contributed by atoms with Crippen molar-refractivity contribution in [3.63, 3.8) is 0 Å². The van der Waals surface area contributed by atoms with Crippen molar-refractivity contribution in [3.05, 3.63) is 29.3 Å². The zero-order chi connectivity index (χ0) is 15.3. The van der Waals surface area contributed by atoms with Crippen molar-refractivity contribution in [3.8, 4) is 5.75 Å². The van der Waals surface area contributed by atoms with E-state index in [0.29, 0.717) is 5.75 Å². The van der Waals surface area contributed by atoms with Gasteiger partial charge in [0.05, 0.1) is 5.60 Å². The second-order valence-corrected chi connectivity index (χ2v) is 7.13. The smallest absolute Gasteiger partial charge is 0.308 e. The number of rotatable bonds is 1. The Bertz CT molecular complexity index is 576. The summed E-state index contributed by atoms with van der Waals surface area (Å²) >= 11 is 0. The summed E-state index contributed by atoms with van der Waals surface area (Å²) < 4.78 is 5.26. The molecule has 0 bridgehead atoms. The topological polar surface area (TPSA) is 46.5 Å². The van der Waals surface area contributed by atoms with Crippen molar-refractivity contribution in [2.45, 2.75) is 63.9 Å². The van der Waals surface area contributed by atoms with Gasteiger partial charge in [-0.3, -0.25) is 4.79 Å². The molecule has 0 heterocycles. The summed E-state index contributed by atoms with van der Waals surface area (Å²) in [4.78, 5) is 11.2. The molecule has 21 heavy (non-hydrogen) atoms. The van der Waals surface area contributed by atoms with Crippen molar-refractivity contribution in [2.24, 2.45) is 5.92 Å². The molecule has 1 saturated carbocycles. The number of carbonyl (C=O) groups is 1. The molecule has 2 aliphatic carbocycles. The number of hydrogen-bond donors (Lipinski definition) is 1. The Morgan fingerprint density at radius 2 is 2.10 bits per heavy atom. The fourth-order valence-corrected chi connectivity index (χ4v) is 4.63. The van der Waals surface area contributed by atoms with Gasteiger partial charge in [-0.15, -0.1) is 0 Å². The molecule has 0 saturated heterocycles. The predicted molar refractivity (Wildman–Crippen MR) is 81.4 cm³/mol. The van der Waals surface area contributed by atoms with E-state index in [1.54, 1.807) is 0 Å². The Morgan fingerprint density at radius 3 is 2.81 bits per heavy atom. The number of aliphatic hydroxyl groups is 1. The van der Waals surface area contributed by atoms with E-state index in [9.17, 15) is 9.90 Å². The van der Waals surface area contributed by atoms with Crippen LogP contribution in [-0.2, 0) is 16.6 Å². The Balaban J connectivity index is 2.05. The standard InChI is InChI=1S/C18H24O3/c1-12(19)21-14-7-5-13-6-8-16-17(2,15(13)11-14)9-4-10-18(16,3)20/h5,7,11,16,20H,4,6,8-10H2,1-3H3/t16?,17-,18+/m1/s1. The molecular weight excluding hydrogens is 264 g/mol. The maximum atomic E-state index is 11.2. The fraction of sp³-hybridized carbons (Fsp3) is 0.611. The lowest BCUT2D eigenvalue weighted by Gasteiger charge is -2.53. The quantitative estimate of drug-likeness (QED) is 0.636. The molecule has 0 radical (unpaired) electrons. The van der Waals surface area contributed by atoms with E-state index in [1.165, 1.54) is 18.1 Å². The number of hydrogen-bond acceptors (Lipinski definition) is 3. The summed E-state index contributed by atoms with van der Waals surface area (Å²) in [6.45, 7) is 5.67. The third-order valence-corrected chi connectivity index (χ3v) is 5.56. The van der Waals surface area contributed by atoms with Crippen molar-refractivity contribution in [1.82, 2.24) is 0 Å². The van der Waals surface area contributed by atoms with Gasteiger partial charge >= 0.3 is 5.97 Å². The third-order valence-electron chi connectivity index (χ3n) is 5.56. The fourth-order valence-electron chi connectivity index (χ4n) is 4.63.